The summed E-state index contributed by atoms with van der Waals surface area (Å²) in [4.78, 5) is 37.2. The van der Waals surface area contributed by atoms with Crippen molar-refractivity contribution in [1.29, 1.82) is 0 Å². The minimum atomic E-state index is -0.512. The van der Waals surface area contributed by atoms with E-state index in [-0.39, 0.29) is 23.4 Å². The number of rotatable bonds is 9. The van der Waals surface area contributed by atoms with Crippen LogP contribution in [0.15, 0.2) is 90.1 Å². The summed E-state index contributed by atoms with van der Waals surface area (Å²) in [5, 5.41) is 10.5. The van der Waals surface area contributed by atoms with E-state index in [1.54, 1.807) is 60.7 Å². The summed E-state index contributed by atoms with van der Waals surface area (Å²) >= 11 is 0. The number of ether oxygens (including phenoxy) is 1. The van der Waals surface area contributed by atoms with Gasteiger partial charge in [0.1, 0.15) is 11.6 Å². The van der Waals surface area contributed by atoms with Crippen LogP contribution in [0.4, 0.5) is 21.7 Å². The predicted molar refractivity (Wildman–Crippen MR) is 154 cm³/mol. The fraction of sp³-hybridized carbons (Fsp3) is 0.138. The molecule has 0 bridgehead atoms. The molecule has 12 heteroatoms. The van der Waals surface area contributed by atoms with E-state index in [0.717, 1.165) is 0 Å². The molecule has 5 rings (SSSR count). The van der Waals surface area contributed by atoms with Crippen LogP contribution in [0.3, 0.4) is 0 Å². The third-order valence-corrected chi connectivity index (χ3v) is 5.82. The second kappa shape index (κ2) is 11.8. The standard InChI is InChI=1S/C29H27FN8O3/c1-36(2)13-5-8-26(39)33-21-6-4-7-23(15-21)38-27-19(16-31-29(35-27)34-22-17-32-37(3)18-22)14-25(28(38)40)41-24-11-9-20(30)10-12-24/h4-12,14-18H,13H2,1-3H3,(H,33,39)(H,31,34,35)/b8-5+. The molecule has 0 fully saturated rings. The van der Waals surface area contributed by atoms with Gasteiger partial charge in [-0.25, -0.2) is 9.37 Å². The number of amides is 1. The molecule has 0 radical (unpaired) electrons. The van der Waals surface area contributed by atoms with E-state index < -0.39 is 11.4 Å². The number of anilines is 3. The summed E-state index contributed by atoms with van der Waals surface area (Å²) in [6, 6.07) is 13.7. The van der Waals surface area contributed by atoms with E-state index in [1.165, 1.54) is 41.0 Å². The van der Waals surface area contributed by atoms with Gasteiger partial charge in [-0.3, -0.25) is 18.8 Å². The maximum absolute atomic E-state index is 13.8. The highest BCUT2D eigenvalue weighted by Gasteiger charge is 2.16. The molecule has 2 N–H and O–H groups in total. The first-order valence-electron chi connectivity index (χ1n) is 12.6. The molecule has 11 nitrogen and oxygen atoms in total. The van der Waals surface area contributed by atoms with Crippen LogP contribution >= 0.6 is 0 Å². The van der Waals surface area contributed by atoms with E-state index >= 15 is 0 Å². The number of pyridine rings is 1. The van der Waals surface area contributed by atoms with E-state index in [4.69, 9.17) is 4.74 Å². The molecule has 41 heavy (non-hydrogen) atoms. The second-order valence-electron chi connectivity index (χ2n) is 9.41. The number of carbonyl (C=O) groups excluding carboxylic acids is 1. The first-order chi connectivity index (χ1) is 19.7. The van der Waals surface area contributed by atoms with Gasteiger partial charge in [0.25, 0.3) is 5.56 Å². The number of benzene rings is 2. The van der Waals surface area contributed by atoms with Crippen LogP contribution in [0.1, 0.15) is 0 Å². The Hall–Kier alpha value is -5.36. The lowest BCUT2D eigenvalue weighted by atomic mass is 10.2. The largest absolute Gasteiger partial charge is 0.452 e. The Balaban J connectivity index is 1.58. The van der Waals surface area contributed by atoms with Crippen LogP contribution < -0.4 is 20.9 Å². The van der Waals surface area contributed by atoms with Crippen molar-refractivity contribution in [3.63, 3.8) is 0 Å². The van der Waals surface area contributed by atoms with Crippen LogP contribution in [0.5, 0.6) is 11.5 Å². The van der Waals surface area contributed by atoms with E-state index in [2.05, 4.69) is 25.7 Å². The summed E-state index contributed by atoms with van der Waals surface area (Å²) in [6.07, 6.45) is 8.16. The summed E-state index contributed by atoms with van der Waals surface area (Å²) in [5.41, 5.74) is 1.38. The molecular weight excluding hydrogens is 527 g/mol. The molecule has 0 aliphatic heterocycles. The highest BCUT2D eigenvalue weighted by molar-refractivity contribution is 5.99. The zero-order chi connectivity index (χ0) is 28.9. The van der Waals surface area contributed by atoms with Crippen LogP contribution in [0, 0.1) is 5.82 Å². The molecule has 0 atom stereocenters. The number of halogens is 1. The van der Waals surface area contributed by atoms with Crippen molar-refractivity contribution in [2.75, 3.05) is 31.3 Å². The summed E-state index contributed by atoms with van der Waals surface area (Å²) in [7, 11) is 5.60. The highest BCUT2D eigenvalue weighted by Crippen LogP contribution is 2.26. The van der Waals surface area contributed by atoms with Crippen molar-refractivity contribution in [2.45, 2.75) is 0 Å². The smallest absolute Gasteiger partial charge is 0.299 e. The van der Waals surface area contributed by atoms with Crippen molar-refractivity contribution in [3.05, 3.63) is 102 Å². The summed E-state index contributed by atoms with van der Waals surface area (Å²) < 4.78 is 22.3. The number of fused-ring (bicyclic) bond motifs is 1. The molecule has 208 valence electrons. The lowest BCUT2D eigenvalue weighted by Crippen LogP contribution is -2.21. The fourth-order valence-electron chi connectivity index (χ4n) is 3.97. The van der Waals surface area contributed by atoms with E-state index in [0.29, 0.717) is 34.6 Å². The van der Waals surface area contributed by atoms with Gasteiger partial charge in [0.15, 0.2) is 11.4 Å². The Morgan fingerprint density at radius 2 is 1.90 bits per heavy atom. The van der Waals surface area contributed by atoms with Crippen LogP contribution in [0.2, 0.25) is 0 Å². The molecule has 3 heterocycles. The number of hydrogen-bond acceptors (Lipinski definition) is 8. The Morgan fingerprint density at radius 3 is 2.63 bits per heavy atom. The first-order valence-corrected chi connectivity index (χ1v) is 12.6. The Bertz CT molecular complexity index is 1790. The molecule has 0 unspecified atom stereocenters. The van der Waals surface area contributed by atoms with Crippen LogP contribution in [0.25, 0.3) is 16.7 Å². The third-order valence-electron chi connectivity index (χ3n) is 5.82. The lowest BCUT2D eigenvalue weighted by Gasteiger charge is -2.15. The number of hydrogen-bond donors (Lipinski definition) is 2. The summed E-state index contributed by atoms with van der Waals surface area (Å²) in [5.74, 6) is -0.204. The quantitative estimate of drug-likeness (QED) is 0.260. The normalized spacial score (nSPS) is 11.3. The van der Waals surface area contributed by atoms with Gasteiger partial charge in [-0.15, -0.1) is 0 Å². The van der Waals surface area contributed by atoms with Gasteiger partial charge in [-0.05, 0) is 62.6 Å². The molecule has 3 aromatic heterocycles. The summed E-state index contributed by atoms with van der Waals surface area (Å²) in [6.45, 7) is 0.616. The van der Waals surface area contributed by atoms with Gasteiger partial charge in [-0.2, -0.15) is 10.1 Å². The number of likely N-dealkylation sites (N-methyl/N-ethyl adjacent to an activating group) is 1. The van der Waals surface area contributed by atoms with Gasteiger partial charge in [0.05, 0.1) is 17.6 Å². The first kappa shape index (κ1) is 27.2. The number of aryl methyl sites for hydroxylation is 1. The Labute approximate surface area is 234 Å². The molecule has 0 aliphatic carbocycles. The van der Waals surface area contributed by atoms with Gasteiger partial charge in [0, 0.05) is 43.1 Å². The maximum Gasteiger partial charge on any atom is 0.299 e. The average molecular weight is 555 g/mol. The van der Waals surface area contributed by atoms with Crippen molar-refractivity contribution in [1.82, 2.24) is 29.2 Å². The van der Waals surface area contributed by atoms with Crippen LogP contribution in [-0.4, -0.2) is 55.8 Å². The molecule has 0 spiro atoms. The molecule has 0 saturated heterocycles. The van der Waals surface area contributed by atoms with Gasteiger partial charge in [0.2, 0.25) is 11.9 Å². The van der Waals surface area contributed by atoms with Crippen molar-refractivity contribution in [3.8, 4) is 17.2 Å². The number of aromatic nitrogens is 5. The fourth-order valence-corrected chi connectivity index (χ4v) is 3.97. The maximum atomic E-state index is 13.8. The zero-order valence-electron chi connectivity index (χ0n) is 22.6. The van der Waals surface area contributed by atoms with E-state index in [9.17, 15) is 14.0 Å². The van der Waals surface area contributed by atoms with Gasteiger partial charge in [-0.1, -0.05) is 12.1 Å². The Morgan fingerprint density at radius 1 is 1.10 bits per heavy atom. The molecule has 0 aliphatic rings. The van der Waals surface area contributed by atoms with Crippen molar-refractivity contribution < 1.29 is 13.9 Å². The Kier molecular flexibility index (Phi) is 7.83. The highest BCUT2D eigenvalue weighted by atomic mass is 19.1. The molecule has 0 saturated carbocycles. The lowest BCUT2D eigenvalue weighted by molar-refractivity contribution is -0.111. The third kappa shape index (κ3) is 6.62. The zero-order valence-corrected chi connectivity index (χ0v) is 22.6. The molecule has 1 amide bonds. The minimum absolute atomic E-state index is 0.0123. The van der Waals surface area contributed by atoms with Gasteiger partial charge < -0.3 is 20.3 Å². The minimum Gasteiger partial charge on any atom is -0.452 e. The average Bonchev–Trinajstić information content (AvgIpc) is 3.34. The second-order valence-corrected chi connectivity index (χ2v) is 9.41. The number of nitrogens with zero attached hydrogens (tertiary/aromatic N) is 6. The number of carbonyl (C=O) groups is 1. The predicted octanol–water partition coefficient (Wildman–Crippen LogP) is 4.25. The molecule has 5 aromatic rings. The molecule has 2 aromatic carbocycles. The van der Waals surface area contributed by atoms with Crippen molar-refractivity contribution >= 4 is 34.3 Å². The monoisotopic (exact) mass is 554 g/mol. The van der Waals surface area contributed by atoms with Gasteiger partial charge >= 0.3 is 0 Å². The van der Waals surface area contributed by atoms with Crippen LogP contribution in [-0.2, 0) is 11.8 Å². The molecular formula is C29H27FN8O3. The topological polar surface area (TPSA) is 119 Å². The SMILES string of the molecule is CN(C)C/C=C/C(=O)Nc1cccc(-n2c(=O)c(Oc3ccc(F)cc3)cc3cnc(Nc4cnn(C)c4)nc32)c1. The van der Waals surface area contributed by atoms with Crippen molar-refractivity contribution in [2.24, 2.45) is 7.05 Å². The number of nitrogens with one attached hydrogen (secondary N) is 2. The van der Waals surface area contributed by atoms with E-state index in [1.807, 2.05) is 19.0 Å².